The van der Waals surface area contributed by atoms with E-state index >= 15 is 0 Å². The lowest BCUT2D eigenvalue weighted by Gasteiger charge is -2.19. The van der Waals surface area contributed by atoms with Crippen molar-refractivity contribution in [1.82, 2.24) is 0 Å². The Morgan fingerprint density at radius 3 is 2.47 bits per heavy atom. The van der Waals surface area contributed by atoms with Crippen LogP contribution in [0.4, 0.5) is 0 Å². The van der Waals surface area contributed by atoms with E-state index in [2.05, 4.69) is 18.6 Å². The summed E-state index contributed by atoms with van der Waals surface area (Å²) in [5, 5.41) is 0. The lowest BCUT2D eigenvalue weighted by molar-refractivity contribution is -0.142. The monoisotopic (exact) mass is 213 g/mol. The molecule has 0 saturated heterocycles. The van der Waals surface area contributed by atoms with Crippen LogP contribution in [0.25, 0.3) is 0 Å². The summed E-state index contributed by atoms with van der Waals surface area (Å²) in [6, 6.07) is -0.432. The summed E-state index contributed by atoms with van der Waals surface area (Å²) in [5.41, 5.74) is 6.24. The van der Waals surface area contributed by atoms with Crippen LogP contribution in [0.5, 0.6) is 0 Å². The zero-order valence-corrected chi connectivity index (χ0v) is 10.1. The smallest absolute Gasteiger partial charge is 0.322 e. The molecule has 1 fully saturated rings. The Labute approximate surface area is 92.4 Å². The molecule has 3 nitrogen and oxygen atoms in total. The lowest BCUT2D eigenvalue weighted by Crippen LogP contribution is -2.31. The fourth-order valence-corrected chi connectivity index (χ4v) is 2.22. The third-order valence-electron chi connectivity index (χ3n) is 3.81. The van der Waals surface area contributed by atoms with Gasteiger partial charge in [0.1, 0.15) is 6.04 Å². The van der Waals surface area contributed by atoms with Crippen molar-refractivity contribution in [2.24, 2.45) is 17.1 Å². The number of hydrogen-bond donors (Lipinski definition) is 1. The van der Waals surface area contributed by atoms with Crippen LogP contribution >= 0.6 is 0 Å². The van der Waals surface area contributed by atoms with E-state index in [1.807, 2.05) is 0 Å². The molecule has 0 spiro atoms. The van der Waals surface area contributed by atoms with Gasteiger partial charge < -0.3 is 10.5 Å². The van der Waals surface area contributed by atoms with Crippen molar-refractivity contribution < 1.29 is 9.53 Å². The molecule has 0 bridgehead atoms. The molecule has 3 heteroatoms. The third-order valence-corrected chi connectivity index (χ3v) is 3.81. The van der Waals surface area contributed by atoms with Crippen molar-refractivity contribution in [2.75, 3.05) is 7.11 Å². The van der Waals surface area contributed by atoms with Crippen molar-refractivity contribution in [3.05, 3.63) is 0 Å². The van der Waals surface area contributed by atoms with Crippen molar-refractivity contribution >= 4 is 5.97 Å². The van der Waals surface area contributed by atoms with E-state index in [4.69, 9.17) is 5.73 Å². The molecule has 15 heavy (non-hydrogen) atoms. The quantitative estimate of drug-likeness (QED) is 0.687. The van der Waals surface area contributed by atoms with Gasteiger partial charge in [0, 0.05) is 0 Å². The Morgan fingerprint density at radius 1 is 1.47 bits per heavy atom. The number of methoxy groups -OCH3 is 1. The summed E-state index contributed by atoms with van der Waals surface area (Å²) < 4.78 is 4.59. The minimum atomic E-state index is -0.432. The number of nitrogens with two attached hydrogens (primary N) is 1. The Morgan fingerprint density at radius 2 is 2.07 bits per heavy atom. The van der Waals surface area contributed by atoms with Crippen LogP contribution in [0, 0.1) is 11.3 Å². The molecular weight excluding hydrogens is 190 g/mol. The van der Waals surface area contributed by atoms with E-state index in [0.29, 0.717) is 5.41 Å². The molecule has 1 aliphatic carbocycles. The van der Waals surface area contributed by atoms with E-state index in [-0.39, 0.29) is 5.97 Å². The van der Waals surface area contributed by atoms with Gasteiger partial charge in [-0.05, 0) is 37.0 Å². The molecule has 0 aromatic carbocycles. The molecule has 88 valence electrons. The van der Waals surface area contributed by atoms with Crippen LogP contribution < -0.4 is 5.73 Å². The van der Waals surface area contributed by atoms with Gasteiger partial charge in [0.25, 0.3) is 0 Å². The normalized spacial score (nSPS) is 20.1. The number of hydrogen-bond acceptors (Lipinski definition) is 3. The van der Waals surface area contributed by atoms with Crippen molar-refractivity contribution in [1.29, 1.82) is 0 Å². The van der Waals surface area contributed by atoms with Gasteiger partial charge in [-0.25, -0.2) is 0 Å². The molecule has 0 heterocycles. The molecule has 1 saturated carbocycles. The Kier molecular flexibility index (Phi) is 4.14. The first-order valence-corrected chi connectivity index (χ1v) is 5.85. The molecule has 1 atom stereocenters. The molecule has 0 aliphatic heterocycles. The average Bonchev–Trinajstić information content (AvgIpc) is 2.97. The largest absolute Gasteiger partial charge is 0.468 e. The van der Waals surface area contributed by atoms with Crippen molar-refractivity contribution in [2.45, 2.75) is 52.0 Å². The van der Waals surface area contributed by atoms with Crippen LogP contribution in [0.2, 0.25) is 0 Å². The summed E-state index contributed by atoms with van der Waals surface area (Å²) in [5.74, 6) is 0.469. The number of carbonyl (C=O) groups is 1. The van der Waals surface area contributed by atoms with E-state index in [9.17, 15) is 4.79 Å². The molecule has 0 aromatic rings. The first-order chi connectivity index (χ1) is 7.02. The Balaban J connectivity index is 2.19. The fourth-order valence-electron chi connectivity index (χ4n) is 2.22. The van der Waals surface area contributed by atoms with Crippen LogP contribution in [0.15, 0.2) is 0 Å². The van der Waals surface area contributed by atoms with Crippen LogP contribution in [0.3, 0.4) is 0 Å². The maximum atomic E-state index is 11.1. The highest BCUT2D eigenvalue weighted by molar-refractivity contribution is 5.75. The Bertz CT molecular complexity index is 222. The van der Waals surface area contributed by atoms with Gasteiger partial charge in [0.15, 0.2) is 0 Å². The van der Waals surface area contributed by atoms with Crippen LogP contribution in [-0.4, -0.2) is 19.1 Å². The number of carbonyl (C=O) groups excluding carboxylic acids is 1. The number of rotatable bonds is 6. The molecule has 1 rings (SSSR count). The van der Waals surface area contributed by atoms with E-state index in [0.717, 1.165) is 18.8 Å². The first-order valence-electron chi connectivity index (χ1n) is 5.85. The summed E-state index contributed by atoms with van der Waals surface area (Å²) in [4.78, 5) is 11.1. The maximum Gasteiger partial charge on any atom is 0.322 e. The second-order valence-electron chi connectivity index (χ2n) is 5.04. The molecule has 1 unspecified atom stereocenters. The average molecular weight is 213 g/mol. The zero-order chi connectivity index (χ0) is 11.5. The van der Waals surface area contributed by atoms with Crippen molar-refractivity contribution in [3.63, 3.8) is 0 Å². The van der Waals surface area contributed by atoms with Crippen molar-refractivity contribution in [3.8, 4) is 0 Å². The summed E-state index contributed by atoms with van der Waals surface area (Å²) in [6.07, 6.45) is 5.68. The molecule has 0 radical (unpaired) electrons. The van der Waals surface area contributed by atoms with Gasteiger partial charge >= 0.3 is 5.97 Å². The van der Waals surface area contributed by atoms with Gasteiger partial charge in [0.05, 0.1) is 7.11 Å². The summed E-state index contributed by atoms with van der Waals surface area (Å²) in [6.45, 7) is 4.57. The van der Waals surface area contributed by atoms with Gasteiger partial charge in [-0.3, -0.25) is 4.79 Å². The highest BCUT2D eigenvalue weighted by atomic mass is 16.5. The molecule has 1 aliphatic rings. The van der Waals surface area contributed by atoms with E-state index < -0.39 is 6.04 Å². The highest BCUT2D eigenvalue weighted by Crippen LogP contribution is 2.55. The van der Waals surface area contributed by atoms with Gasteiger partial charge in [-0.2, -0.15) is 0 Å². The molecular formula is C12H23NO2. The number of esters is 1. The Hall–Kier alpha value is -0.570. The van der Waals surface area contributed by atoms with Crippen LogP contribution in [-0.2, 0) is 9.53 Å². The maximum absolute atomic E-state index is 11.1. The predicted octanol–water partition coefficient (Wildman–Crippen LogP) is 2.09. The topological polar surface area (TPSA) is 52.3 Å². The zero-order valence-electron chi connectivity index (χ0n) is 10.1. The first kappa shape index (κ1) is 12.5. The summed E-state index contributed by atoms with van der Waals surface area (Å²) in [7, 11) is 1.39. The standard InChI is InChI=1S/C12H23NO2/c1-9(2)12(7-8-12)6-4-5-10(13)11(14)15-3/h9-10H,4-8,13H2,1-3H3. The third kappa shape index (κ3) is 3.20. The number of ether oxygens (including phenoxy) is 1. The van der Waals surface area contributed by atoms with Crippen LogP contribution in [0.1, 0.15) is 46.0 Å². The lowest BCUT2D eigenvalue weighted by atomic mass is 9.87. The summed E-state index contributed by atoms with van der Waals surface area (Å²) >= 11 is 0. The molecule has 0 amide bonds. The fraction of sp³-hybridized carbons (Fsp3) is 0.917. The van der Waals surface area contributed by atoms with Gasteiger partial charge in [-0.1, -0.05) is 20.3 Å². The van der Waals surface area contributed by atoms with Gasteiger partial charge in [0.2, 0.25) is 0 Å². The minimum Gasteiger partial charge on any atom is -0.468 e. The van der Waals surface area contributed by atoms with E-state index in [1.54, 1.807) is 0 Å². The SMILES string of the molecule is COC(=O)C(N)CCCC1(C(C)C)CC1. The minimum absolute atomic E-state index is 0.288. The highest BCUT2D eigenvalue weighted by Gasteiger charge is 2.44. The predicted molar refractivity (Wildman–Crippen MR) is 60.3 cm³/mol. The second-order valence-corrected chi connectivity index (χ2v) is 5.04. The molecule has 2 N–H and O–H groups in total. The second kappa shape index (κ2) is 4.97. The van der Waals surface area contributed by atoms with E-state index in [1.165, 1.54) is 26.4 Å². The molecule has 0 aromatic heterocycles. The van der Waals surface area contributed by atoms with Gasteiger partial charge in [-0.15, -0.1) is 0 Å².